The zero-order valence-corrected chi connectivity index (χ0v) is 19.6. The first-order valence-electron chi connectivity index (χ1n) is 10.7. The van der Waals surface area contributed by atoms with Crippen LogP contribution in [0.3, 0.4) is 0 Å². The highest BCUT2D eigenvalue weighted by atomic mass is 127. The molecule has 1 aliphatic carbocycles. The lowest BCUT2D eigenvalue weighted by Crippen LogP contribution is -2.46. The number of aromatic nitrogens is 3. The SMILES string of the molecule is CN=C(NCC1CCC(c2ccccc2)CC1)N1CCC(c2ncn[nH]2)CC1.I. The van der Waals surface area contributed by atoms with Crippen LogP contribution in [0.15, 0.2) is 41.7 Å². The molecule has 1 saturated carbocycles. The van der Waals surface area contributed by atoms with E-state index in [0.717, 1.165) is 56.1 Å². The summed E-state index contributed by atoms with van der Waals surface area (Å²) in [6.45, 7) is 3.08. The van der Waals surface area contributed by atoms with Gasteiger partial charge in [-0.3, -0.25) is 10.1 Å². The minimum Gasteiger partial charge on any atom is -0.356 e. The molecule has 2 aromatic rings. The van der Waals surface area contributed by atoms with E-state index in [1.807, 2.05) is 7.05 Å². The first-order chi connectivity index (χ1) is 13.8. The van der Waals surface area contributed by atoms with Gasteiger partial charge in [0.25, 0.3) is 0 Å². The van der Waals surface area contributed by atoms with Gasteiger partial charge in [0.1, 0.15) is 12.2 Å². The van der Waals surface area contributed by atoms with E-state index in [0.29, 0.717) is 5.92 Å². The maximum Gasteiger partial charge on any atom is 0.193 e. The molecule has 1 aromatic heterocycles. The maximum atomic E-state index is 4.54. The van der Waals surface area contributed by atoms with Gasteiger partial charge in [0.15, 0.2) is 5.96 Å². The fourth-order valence-electron chi connectivity index (χ4n) is 4.77. The van der Waals surface area contributed by atoms with Crippen molar-refractivity contribution in [3.05, 3.63) is 48.0 Å². The summed E-state index contributed by atoms with van der Waals surface area (Å²) in [5, 5.41) is 10.7. The van der Waals surface area contributed by atoms with E-state index in [1.54, 1.807) is 6.33 Å². The number of aliphatic imine (C=N–C) groups is 1. The second-order valence-corrected chi connectivity index (χ2v) is 8.19. The minimum absolute atomic E-state index is 0. The molecule has 0 spiro atoms. The number of likely N-dealkylation sites (tertiary alicyclic amines) is 1. The van der Waals surface area contributed by atoms with Crippen molar-refractivity contribution in [2.24, 2.45) is 10.9 Å². The van der Waals surface area contributed by atoms with Gasteiger partial charge in [-0.25, -0.2) is 4.98 Å². The van der Waals surface area contributed by atoms with E-state index in [1.165, 1.54) is 31.2 Å². The number of hydrogen-bond donors (Lipinski definition) is 2. The number of guanidine groups is 1. The third kappa shape index (κ3) is 5.71. The van der Waals surface area contributed by atoms with E-state index in [9.17, 15) is 0 Å². The molecule has 2 aliphatic rings. The Labute approximate surface area is 191 Å². The number of rotatable bonds is 4. The molecular weight excluding hydrogens is 475 g/mol. The predicted octanol–water partition coefficient (Wildman–Crippen LogP) is 4.15. The molecule has 0 unspecified atom stereocenters. The molecule has 2 heterocycles. The minimum atomic E-state index is 0. The van der Waals surface area contributed by atoms with Crippen LogP contribution in [-0.2, 0) is 0 Å². The lowest BCUT2D eigenvalue weighted by molar-refractivity contribution is 0.288. The summed E-state index contributed by atoms with van der Waals surface area (Å²) in [4.78, 5) is 11.3. The monoisotopic (exact) mass is 508 g/mol. The van der Waals surface area contributed by atoms with E-state index >= 15 is 0 Å². The van der Waals surface area contributed by atoms with E-state index in [4.69, 9.17) is 0 Å². The van der Waals surface area contributed by atoms with Crippen molar-refractivity contribution in [2.75, 3.05) is 26.7 Å². The van der Waals surface area contributed by atoms with E-state index in [-0.39, 0.29) is 24.0 Å². The quantitative estimate of drug-likeness (QED) is 0.370. The van der Waals surface area contributed by atoms with Crippen LogP contribution in [0, 0.1) is 5.92 Å². The lowest BCUT2D eigenvalue weighted by atomic mass is 9.79. The summed E-state index contributed by atoms with van der Waals surface area (Å²) in [6.07, 6.45) is 9.01. The molecule has 6 nitrogen and oxygen atoms in total. The molecule has 1 saturated heterocycles. The number of halogens is 1. The number of benzene rings is 1. The lowest BCUT2D eigenvalue weighted by Gasteiger charge is -2.35. The van der Waals surface area contributed by atoms with Crippen LogP contribution in [0.4, 0.5) is 0 Å². The Morgan fingerprint density at radius 1 is 1.07 bits per heavy atom. The van der Waals surface area contributed by atoms with Gasteiger partial charge in [-0.05, 0) is 55.9 Å². The summed E-state index contributed by atoms with van der Waals surface area (Å²) >= 11 is 0. The number of nitrogens with zero attached hydrogens (tertiary/aromatic N) is 4. The van der Waals surface area contributed by atoms with Crippen molar-refractivity contribution in [3.63, 3.8) is 0 Å². The van der Waals surface area contributed by atoms with Crippen LogP contribution in [0.1, 0.15) is 61.7 Å². The van der Waals surface area contributed by atoms with Crippen molar-refractivity contribution in [3.8, 4) is 0 Å². The Balaban J connectivity index is 0.00000240. The average molecular weight is 508 g/mol. The van der Waals surface area contributed by atoms with Gasteiger partial charge < -0.3 is 10.2 Å². The summed E-state index contributed by atoms with van der Waals surface area (Å²) < 4.78 is 0. The standard InChI is InChI=1S/C22H32N6.HI/c1-23-22(28-13-11-20(12-14-28)21-25-16-26-27-21)24-15-17-7-9-19(10-8-17)18-5-3-2-4-6-18;/h2-6,16-17,19-20H,7-15H2,1H3,(H,23,24)(H,25,26,27);1H. The molecule has 2 N–H and O–H groups in total. The van der Waals surface area contributed by atoms with Crippen LogP contribution >= 0.6 is 24.0 Å². The molecule has 4 rings (SSSR count). The second-order valence-electron chi connectivity index (χ2n) is 8.19. The van der Waals surface area contributed by atoms with Gasteiger partial charge >= 0.3 is 0 Å². The van der Waals surface area contributed by atoms with Crippen LogP contribution in [-0.4, -0.2) is 52.7 Å². The van der Waals surface area contributed by atoms with Crippen LogP contribution in [0.2, 0.25) is 0 Å². The predicted molar refractivity (Wildman–Crippen MR) is 128 cm³/mol. The van der Waals surface area contributed by atoms with Gasteiger partial charge in [0.2, 0.25) is 0 Å². The molecule has 0 amide bonds. The first kappa shape index (κ1) is 22.1. The first-order valence-corrected chi connectivity index (χ1v) is 10.7. The summed E-state index contributed by atoms with van der Waals surface area (Å²) in [5.74, 6) is 4.07. The van der Waals surface area contributed by atoms with Crippen molar-refractivity contribution >= 4 is 29.9 Å². The molecular formula is C22H33IN6. The number of aromatic amines is 1. The van der Waals surface area contributed by atoms with Crippen LogP contribution in [0.5, 0.6) is 0 Å². The maximum absolute atomic E-state index is 4.54. The number of hydrogen-bond acceptors (Lipinski definition) is 3. The number of piperidine rings is 1. The average Bonchev–Trinajstić information content (AvgIpc) is 3.31. The Hall–Kier alpha value is -1.64. The van der Waals surface area contributed by atoms with Gasteiger partial charge in [0, 0.05) is 32.6 Å². The Bertz CT molecular complexity index is 732. The third-order valence-electron chi connectivity index (χ3n) is 6.49. The van der Waals surface area contributed by atoms with E-state index in [2.05, 4.69) is 60.7 Å². The van der Waals surface area contributed by atoms with Gasteiger partial charge in [-0.1, -0.05) is 30.3 Å². The fraction of sp³-hybridized carbons (Fsp3) is 0.591. The van der Waals surface area contributed by atoms with Crippen molar-refractivity contribution in [2.45, 2.75) is 50.4 Å². The number of nitrogens with one attached hydrogen (secondary N) is 2. The Morgan fingerprint density at radius 2 is 1.79 bits per heavy atom. The Morgan fingerprint density at radius 3 is 2.41 bits per heavy atom. The molecule has 0 atom stereocenters. The normalized spacial score (nSPS) is 23.5. The molecule has 0 bridgehead atoms. The third-order valence-corrected chi connectivity index (χ3v) is 6.49. The highest BCUT2D eigenvalue weighted by Gasteiger charge is 2.26. The van der Waals surface area contributed by atoms with Gasteiger partial charge in [0.05, 0.1) is 0 Å². The topological polar surface area (TPSA) is 69.2 Å². The van der Waals surface area contributed by atoms with Crippen LogP contribution in [0.25, 0.3) is 0 Å². The van der Waals surface area contributed by atoms with Crippen molar-refractivity contribution in [1.82, 2.24) is 25.4 Å². The molecule has 2 fully saturated rings. The summed E-state index contributed by atoms with van der Waals surface area (Å²) in [7, 11) is 1.90. The second kappa shape index (κ2) is 10.9. The molecule has 0 radical (unpaired) electrons. The van der Waals surface area contributed by atoms with Crippen molar-refractivity contribution in [1.29, 1.82) is 0 Å². The van der Waals surface area contributed by atoms with Crippen molar-refractivity contribution < 1.29 is 0 Å². The van der Waals surface area contributed by atoms with Gasteiger partial charge in [-0.15, -0.1) is 24.0 Å². The molecule has 1 aliphatic heterocycles. The largest absolute Gasteiger partial charge is 0.356 e. The summed E-state index contributed by atoms with van der Waals surface area (Å²) in [5.41, 5.74) is 1.51. The highest BCUT2D eigenvalue weighted by Crippen LogP contribution is 2.35. The molecule has 158 valence electrons. The molecule has 29 heavy (non-hydrogen) atoms. The van der Waals surface area contributed by atoms with Crippen LogP contribution < -0.4 is 5.32 Å². The fourth-order valence-corrected chi connectivity index (χ4v) is 4.77. The Kier molecular flexibility index (Phi) is 8.32. The summed E-state index contributed by atoms with van der Waals surface area (Å²) in [6, 6.07) is 11.0. The van der Waals surface area contributed by atoms with Gasteiger partial charge in [-0.2, -0.15) is 5.10 Å². The zero-order valence-electron chi connectivity index (χ0n) is 17.3. The number of H-pyrrole nitrogens is 1. The van der Waals surface area contributed by atoms with E-state index < -0.39 is 0 Å². The highest BCUT2D eigenvalue weighted by molar-refractivity contribution is 14.0. The smallest absolute Gasteiger partial charge is 0.193 e. The molecule has 7 heteroatoms. The zero-order chi connectivity index (χ0) is 19.2. The molecule has 1 aromatic carbocycles.